The van der Waals surface area contributed by atoms with E-state index >= 15 is 0 Å². The number of Topliss-reactive ketones (excluding diaryl/α,β-unsaturated/α-hetero) is 1. The lowest BCUT2D eigenvalue weighted by molar-refractivity contribution is -0.435. The summed E-state index contributed by atoms with van der Waals surface area (Å²) >= 11 is 0. The first-order valence-corrected chi connectivity index (χ1v) is 9.27. The third-order valence-corrected chi connectivity index (χ3v) is 6.12. The second kappa shape index (κ2) is 5.11. The van der Waals surface area contributed by atoms with Gasteiger partial charge in [-0.25, -0.2) is 0 Å². The van der Waals surface area contributed by atoms with E-state index in [0.29, 0.717) is 41.2 Å². The van der Waals surface area contributed by atoms with Crippen LogP contribution in [0.1, 0.15) is 21.5 Å². The van der Waals surface area contributed by atoms with Crippen LogP contribution in [0.4, 0.5) is 5.69 Å². The van der Waals surface area contributed by atoms with Crippen LogP contribution >= 0.6 is 0 Å². The fraction of sp³-hybridized carbons (Fsp3) is 0.143. The predicted molar refractivity (Wildman–Crippen MR) is 103 cm³/mol. The van der Waals surface area contributed by atoms with E-state index in [4.69, 9.17) is 0 Å². The lowest BCUT2D eigenvalue weighted by atomic mass is 9.69. The van der Waals surface area contributed by atoms with Gasteiger partial charge in [0.05, 0.1) is 16.2 Å². The van der Waals surface area contributed by atoms with Crippen LogP contribution < -0.4 is 10.6 Å². The van der Waals surface area contributed by atoms with Crippen LogP contribution in [0.25, 0.3) is 5.70 Å². The van der Waals surface area contributed by atoms with E-state index in [1.807, 2.05) is 12.1 Å². The van der Waals surface area contributed by atoms with Gasteiger partial charge in [-0.15, -0.1) is 0 Å². The highest BCUT2D eigenvalue weighted by Crippen LogP contribution is 2.57. The maximum atomic E-state index is 13.6. The number of anilines is 1. The summed E-state index contributed by atoms with van der Waals surface area (Å²) in [6.45, 7) is 0.964. The van der Waals surface area contributed by atoms with Gasteiger partial charge in [0.1, 0.15) is 0 Å². The third-order valence-electron chi connectivity index (χ3n) is 6.12. The summed E-state index contributed by atoms with van der Waals surface area (Å²) in [6.07, 6.45) is 0. The number of nitrogens with one attached hydrogen (secondary N) is 2. The molecule has 142 valence electrons. The smallest absolute Gasteiger partial charge is 0.310 e. The van der Waals surface area contributed by atoms with Crippen molar-refractivity contribution in [2.75, 3.05) is 18.4 Å². The zero-order valence-corrected chi connectivity index (χ0v) is 15.1. The summed E-state index contributed by atoms with van der Waals surface area (Å²) < 4.78 is 0. The molecule has 0 aromatic heterocycles. The Labute approximate surface area is 164 Å². The minimum absolute atomic E-state index is 0.167. The largest absolute Gasteiger partial charge is 0.364 e. The Bertz CT molecular complexity index is 1240. The van der Waals surface area contributed by atoms with Crippen molar-refractivity contribution in [3.63, 3.8) is 0 Å². The molecule has 4 aliphatic rings. The van der Waals surface area contributed by atoms with Gasteiger partial charge >= 0.3 is 5.70 Å². The number of nitro groups is 1. The van der Waals surface area contributed by atoms with Crippen LogP contribution in [0.15, 0.2) is 65.6 Å². The van der Waals surface area contributed by atoms with Crippen LogP contribution in [-0.4, -0.2) is 34.6 Å². The molecule has 1 spiro atoms. The SMILES string of the molecule is O=C1C2=C(c3ccccc31)N1CCNC1=C([N+](=O)[O-])C21C(=O)Nc2ccccc21. The fourth-order valence-corrected chi connectivity index (χ4v) is 5.08. The van der Waals surface area contributed by atoms with E-state index in [0.717, 1.165) is 0 Å². The number of fused-ring (bicyclic) bond motifs is 7. The summed E-state index contributed by atoms with van der Waals surface area (Å²) in [6, 6.07) is 14.0. The van der Waals surface area contributed by atoms with Crippen molar-refractivity contribution in [2.45, 2.75) is 5.41 Å². The molecule has 0 saturated carbocycles. The normalized spacial score (nSPS) is 23.7. The Balaban J connectivity index is 1.79. The van der Waals surface area contributed by atoms with Gasteiger partial charge in [0, 0.05) is 35.5 Å². The summed E-state index contributed by atoms with van der Waals surface area (Å²) in [5, 5.41) is 18.2. The van der Waals surface area contributed by atoms with E-state index in [1.165, 1.54) is 0 Å². The Morgan fingerprint density at radius 1 is 1.03 bits per heavy atom. The van der Waals surface area contributed by atoms with Crippen LogP contribution in [-0.2, 0) is 10.2 Å². The minimum atomic E-state index is -1.80. The lowest BCUT2D eigenvalue weighted by Gasteiger charge is -2.35. The van der Waals surface area contributed by atoms with Crippen LogP contribution in [0, 0.1) is 10.1 Å². The van der Waals surface area contributed by atoms with Gasteiger partial charge in [0.25, 0.3) is 5.91 Å². The molecule has 8 nitrogen and oxygen atoms in total. The van der Waals surface area contributed by atoms with E-state index < -0.39 is 16.2 Å². The first-order valence-electron chi connectivity index (χ1n) is 9.27. The zero-order valence-electron chi connectivity index (χ0n) is 15.1. The lowest BCUT2D eigenvalue weighted by Crippen LogP contribution is -2.48. The number of rotatable bonds is 1. The van der Waals surface area contributed by atoms with Gasteiger partial charge in [0.2, 0.25) is 5.41 Å². The maximum Gasteiger partial charge on any atom is 0.310 e. The highest BCUT2D eigenvalue weighted by molar-refractivity contribution is 6.29. The van der Waals surface area contributed by atoms with Crippen molar-refractivity contribution in [3.05, 3.63) is 92.4 Å². The second-order valence-electron chi connectivity index (χ2n) is 7.38. The number of nitrogens with zero attached hydrogens (tertiary/aromatic N) is 2. The Kier molecular flexibility index (Phi) is 2.83. The van der Waals surface area contributed by atoms with Gasteiger partial charge in [-0.2, -0.15) is 0 Å². The molecule has 2 aromatic rings. The number of benzene rings is 2. The average Bonchev–Trinajstić information content (AvgIpc) is 3.38. The quantitative estimate of drug-likeness (QED) is 0.573. The predicted octanol–water partition coefficient (Wildman–Crippen LogP) is 1.85. The molecule has 0 bridgehead atoms. The van der Waals surface area contributed by atoms with E-state index in [2.05, 4.69) is 10.6 Å². The van der Waals surface area contributed by atoms with Crippen LogP contribution in [0.2, 0.25) is 0 Å². The van der Waals surface area contributed by atoms with E-state index in [-0.39, 0.29) is 22.9 Å². The van der Waals surface area contributed by atoms with E-state index in [9.17, 15) is 19.7 Å². The molecule has 1 atom stereocenters. The summed E-state index contributed by atoms with van der Waals surface area (Å²) in [5.41, 5.74) is 0.748. The minimum Gasteiger partial charge on any atom is -0.364 e. The average molecular weight is 386 g/mol. The Morgan fingerprint density at radius 3 is 2.55 bits per heavy atom. The van der Waals surface area contributed by atoms with Gasteiger partial charge < -0.3 is 15.5 Å². The number of carbonyl (C=O) groups excluding carboxylic acids is 2. The van der Waals surface area contributed by atoms with Crippen molar-refractivity contribution in [1.29, 1.82) is 0 Å². The third kappa shape index (κ3) is 1.66. The monoisotopic (exact) mass is 386 g/mol. The number of para-hydroxylation sites is 1. The standard InChI is InChI=1S/C21H14N4O4/c26-17-12-6-2-1-5-11(12)16-15(17)21(13-7-3-4-8-14(13)23-20(21)27)18(25(28)29)19-22-9-10-24(16)19/h1-8,22H,9-10H2,(H,23,27). The molecule has 8 heteroatoms. The van der Waals surface area contributed by atoms with Crippen molar-refractivity contribution in [1.82, 2.24) is 10.2 Å². The molecule has 1 amide bonds. The van der Waals surface area contributed by atoms with Gasteiger partial charge in [-0.1, -0.05) is 42.5 Å². The summed E-state index contributed by atoms with van der Waals surface area (Å²) in [7, 11) is 0. The Morgan fingerprint density at radius 2 is 1.76 bits per heavy atom. The van der Waals surface area contributed by atoms with Gasteiger partial charge in [-0.3, -0.25) is 19.7 Å². The zero-order chi connectivity index (χ0) is 19.9. The highest BCUT2D eigenvalue weighted by Gasteiger charge is 2.67. The Hall–Kier alpha value is -3.94. The number of carbonyl (C=O) groups is 2. The molecular weight excluding hydrogens is 372 g/mol. The molecule has 2 aromatic carbocycles. The molecule has 1 aliphatic carbocycles. The number of ketones is 1. The number of amides is 1. The van der Waals surface area contributed by atoms with Crippen molar-refractivity contribution >= 4 is 23.1 Å². The summed E-state index contributed by atoms with van der Waals surface area (Å²) in [5.74, 6) is -0.627. The molecule has 29 heavy (non-hydrogen) atoms. The first-order chi connectivity index (χ1) is 14.1. The highest BCUT2D eigenvalue weighted by atomic mass is 16.6. The van der Waals surface area contributed by atoms with Crippen molar-refractivity contribution < 1.29 is 14.5 Å². The molecular formula is C21H14N4O4. The van der Waals surface area contributed by atoms with Gasteiger partial charge in [-0.05, 0) is 6.07 Å². The van der Waals surface area contributed by atoms with E-state index in [1.54, 1.807) is 41.3 Å². The topological polar surface area (TPSA) is 105 Å². The fourth-order valence-electron chi connectivity index (χ4n) is 5.08. The van der Waals surface area contributed by atoms with Crippen LogP contribution in [0.5, 0.6) is 0 Å². The van der Waals surface area contributed by atoms with Gasteiger partial charge in [0.15, 0.2) is 11.6 Å². The molecule has 2 N–H and O–H groups in total. The molecule has 6 rings (SSSR count). The number of hydrogen-bond acceptors (Lipinski definition) is 6. The summed E-state index contributed by atoms with van der Waals surface area (Å²) in [4.78, 5) is 40.6. The molecule has 0 radical (unpaired) electrons. The molecule has 1 unspecified atom stereocenters. The number of hydrogen-bond donors (Lipinski definition) is 2. The molecule has 1 fully saturated rings. The van der Waals surface area contributed by atoms with Crippen molar-refractivity contribution in [3.8, 4) is 0 Å². The van der Waals surface area contributed by atoms with Crippen molar-refractivity contribution in [2.24, 2.45) is 0 Å². The molecule has 3 aliphatic heterocycles. The molecule has 1 saturated heterocycles. The van der Waals surface area contributed by atoms with Crippen LogP contribution in [0.3, 0.4) is 0 Å². The maximum absolute atomic E-state index is 13.6. The molecule has 3 heterocycles. The second-order valence-corrected chi connectivity index (χ2v) is 7.38. The first kappa shape index (κ1) is 16.1.